The number of nitrogens with zero attached hydrogens (tertiary/aromatic N) is 2. The molecule has 1 aromatic carbocycles. The zero-order chi connectivity index (χ0) is 15.9. The third-order valence-electron chi connectivity index (χ3n) is 3.98. The van der Waals surface area contributed by atoms with Gasteiger partial charge < -0.3 is 15.0 Å². The maximum atomic E-state index is 12.7. The summed E-state index contributed by atoms with van der Waals surface area (Å²) in [6.07, 6.45) is -0.630. The predicted octanol–water partition coefficient (Wildman–Crippen LogP) is 0.342. The standard InChI is InChI=1S/C14H19N3O4S/c1-10-14(18)15-12-4-3-11(9-13(12)21-10)22(19,20)17-7-5-16(2)6-8-17/h3-4,9-10H,5-8H2,1-2H3,(H,15,18)/t10-/m1/s1. The fourth-order valence-electron chi connectivity index (χ4n) is 2.52. The number of hydrogen-bond donors (Lipinski definition) is 1. The number of sulfonamides is 1. The van der Waals surface area contributed by atoms with Crippen molar-refractivity contribution in [3.8, 4) is 5.75 Å². The quantitative estimate of drug-likeness (QED) is 0.848. The number of amides is 1. The van der Waals surface area contributed by atoms with Crippen LogP contribution in [0.5, 0.6) is 5.75 Å². The van der Waals surface area contributed by atoms with Crippen molar-refractivity contribution in [2.45, 2.75) is 17.9 Å². The molecule has 22 heavy (non-hydrogen) atoms. The first-order valence-electron chi connectivity index (χ1n) is 7.18. The highest BCUT2D eigenvalue weighted by atomic mass is 32.2. The maximum absolute atomic E-state index is 12.7. The SMILES string of the molecule is C[C@H]1Oc2cc(S(=O)(=O)N3CCN(C)CC3)ccc2NC1=O. The Bertz CT molecular complexity index is 696. The van der Waals surface area contributed by atoms with Gasteiger partial charge in [0.15, 0.2) is 6.10 Å². The van der Waals surface area contributed by atoms with Crippen molar-refractivity contribution in [2.75, 3.05) is 38.5 Å². The number of hydrogen-bond acceptors (Lipinski definition) is 5. The third kappa shape index (κ3) is 2.69. The lowest BCUT2D eigenvalue weighted by Gasteiger charge is -2.32. The molecule has 0 aromatic heterocycles. The van der Waals surface area contributed by atoms with Gasteiger partial charge in [-0.3, -0.25) is 4.79 Å². The van der Waals surface area contributed by atoms with Crippen molar-refractivity contribution in [1.82, 2.24) is 9.21 Å². The molecule has 1 atom stereocenters. The number of piperazine rings is 1. The fourth-order valence-corrected chi connectivity index (χ4v) is 3.96. The van der Waals surface area contributed by atoms with Crippen LogP contribution in [-0.2, 0) is 14.8 Å². The summed E-state index contributed by atoms with van der Waals surface area (Å²) in [5.74, 6) is 0.157. The predicted molar refractivity (Wildman–Crippen MR) is 81.4 cm³/mol. The second-order valence-electron chi connectivity index (χ2n) is 5.61. The van der Waals surface area contributed by atoms with Crippen LogP contribution in [0.25, 0.3) is 0 Å². The van der Waals surface area contributed by atoms with Crippen LogP contribution < -0.4 is 10.1 Å². The lowest BCUT2D eigenvalue weighted by Crippen LogP contribution is -2.47. The molecule has 0 aliphatic carbocycles. The monoisotopic (exact) mass is 325 g/mol. The summed E-state index contributed by atoms with van der Waals surface area (Å²) in [6, 6.07) is 4.56. The summed E-state index contributed by atoms with van der Waals surface area (Å²) in [5, 5.41) is 2.69. The van der Waals surface area contributed by atoms with Gasteiger partial charge in [-0.15, -0.1) is 0 Å². The lowest BCUT2D eigenvalue weighted by atomic mass is 10.2. The highest BCUT2D eigenvalue weighted by Gasteiger charge is 2.30. The summed E-state index contributed by atoms with van der Waals surface area (Å²) in [6.45, 7) is 4.01. The van der Waals surface area contributed by atoms with E-state index in [2.05, 4.69) is 10.2 Å². The number of likely N-dealkylation sites (N-methyl/N-ethyl adjacent to an activating group) is 1. The van der Waals surface area contributed by atoms with Crippen molar-refractivity contribution in [3.63, 3.8) is 0 Å². The molecule has 2 heterocycles. The van der Waals surface area contributed by atoms with Gasteiger partial charge in [0.25, 0.3) is 5.91 Å². The van der Waals surface area contributed by atoms with E-state index in [9.17, 15) is 13.2 Å². The van der Waals surface area contributed by atoms with E-state index in [1.807, 2.05) is 7.05 Å². The number of ether oxygens (including phenoxy) is 1. The van der Waals surface area contributed by atoms with Crippen LogP contribution in [0.1, 0.15) is 6.92 Å². The number of carbonyl (C=O) groups excluding carboxylic acids is 1. The van der Waals surface area contributed by atoms with Gasteiger partial charge in [0.2, 0.25) is 10.0 Å². The average molecular weight is 325 g/mol. The largest absolute Gasteiger partial charge is 0.479 e. The Morgan fingerprint density at radius 1 is 1.23 bits per heavy atom. The Kier molecular flexibility index (Phi) is 3.84. The number of carbonyl (C=O) groups is 1. The average Bonchev–Trinajstić information content (AvgIpc) is 2.48. The van der Waals surface area contributed by atoms with E-state index in [1.165, 1.54) is 16.4 Å². The van der Waals surface area contributed by atoms with E-state index in [0.717, 1.165) is 0 Å². The molecule has 8 heteroatoms. The molecule has 7 nitrogen and oxygen atoms in total. The van der Waals surface area contributed by atoms with Crippen molar-refractivity contribution < 1.29 is 17.9 Å². The number of anilines is 1. The van der Waals surface area contributed by atoms with Gasteiger partial charge in [0.05, 0.1) is 10.6 Å². The minimum Gasteiger partial charge on any atom is -0.479 e. The van der Waals surface area contributed by atoms with Gasteiger partial charge in [-0.25, -0.2) is 8.42 Å². The molecule has 0 saturated carbocycles. The molecule has 2 aliphatic heterocycles. The van der Waals surface area contributed by atoms with Crippen LogP contribution in [0, 0.1) is 0 Å². The molecule has 1 N–H and O–H groups in total. The maximum Gasteiger partial charge on any atom is 0.265 e. The zero-order valence-corrected chi connectivity index (χ0v) is 13.4. The number of nitrogens with one attached hydrogen (secondary N) is 1. The van der Waals surface area contributed by atoms with E-state index < -0.39 is 16.1 Å². The summed E-state index contributed by atoms with van der Waals surface area (Å²) < 4.78 is 32.3. The van der Waals surface area contributed by atoms with E-state index in [-0.39, 0.29) is 10.8 Å². The Labute approximate surface area is 129 Å². The lowest BCUT2D eigenvalue weighted by molar-refractivity contribution is -0.122. The van der Waals surface area contributed by atoms with E-state index >= 15 is 0 Å². The molecule has 1 fully saturated rings. The molecular formula is C14H19N3O4S. The van der Waals surface area contributed by atoms with Crippen LogP contribution in [0.3, 0.4) is 0 Å². The molecule has 2 aliphatic rings. The third-order valence-corrected chi connectivity index (χ3v) is 5.88. The van der Waals surface area contributed by atoms with Crippen LogP contribution in [0.2, 0.25) is 0 Å². The second kappa shape index (κ2) is 5.53. The molecule has 1 amide bonds. The highest BCUT2D eigenvalue weighted by Crippen LogP contribution is 2.33. The van der Waals surface area contributed by atoms with Gasteiger partial charge in [-0.05, 0) is 26.1 Å². The summed E-state index contributed by atoms with van der Waals surface area (Å²) in [4.78, 5) is 13.8. The smallest absolute Gasteiger partial charge is 0.265 e. The number of rotatable bonds is 2. The van der Waals surface area contributed by atoms with Crippen LogP contribution in [-0.4, -0.2) is 62.9 Å². The molecule has 3 rings (SSSR count). The Hall–Kier alpha value is -1.64. The molecule has 0 bridgehead atoms. The molecule has 1 saturated heterocycles. The first-order valence-corrected chi connectivity index (χ1v) is 8.62. The Morgan fingerprint density at radius 2 is 1.91 bits per heavy atom. The van der Waals surface area contributed by atoms with Gasteiger partial charge in [-0.1, -0.05) is 0 Å². The molecule has 0 spiro atoms. The summed E-state index contributed by atoms with van der Waals surface area (Å²) in [5.41, 5.74) is 0.500. The van der Waals surface area contributed by atoms with Crippen molar-refractivity contribution in [1.29, 1.82) is 0 Å². The van der Waals surface area contributed by atoms with Crippen LogP contribution >= 0.6 is 0 Å². The van der Waals surface area contributed by atoms with Crippen molar-refractivity contribution in [3.05, 3.63) is 18.2 Å². The molecule has 0 radical (unpaired) electrons. The summed E-state index contributed by atoms with van der Waals surface area (Å²) >= 11 is 0. The molecular weight excluding hydrogens is 306 g/mol. The fraction of sp³-hybridized carbons (Fsp3) is 0.500. The van der Waals surface area contributed by atoms with E-state index in [0.29, 0.717) is 37.6 Å². The van der Waals surface area contributed by atoms with Gasteiger partial charge >= 0.3 is 0 Å². The minimum atomic E-state index is -3.54. The Balaban J connectivity index is 1.89. The highest BCUT2D eigenvalue weighted by molar-refractivity contribution is 7.89. The number of benzene rings is 1. The summed E-state index contributed by atoms with van der Waals surface area (Å²) in [7, 11) is -1.56. The second-order valence-corrected chi connectivity index (χ2v) is 7.55. The molecule has 0 unspecified atom stereocenters. The minimum absolute atomic E-state index is 0.194. The molecule has 1 aromatic rings. The van der Waals surface area contributed by atoms with Crippen LogP contribution in [0.15, 0.2) is 23.1 Å². The first-order chi connectivity index (χ1) is 10.4. The van der Waals surface area contributed by atoms with Gasteiger partial charge in [-0.2, -0.15) is 4.31 Å². The number of fused-ring (bicyclic) bond motifs is 1. The topological polar surface area (TPSA) is 79.0 Å². The normalized spacial score (nSPS) is 23.5. The molecule has 120 valence electrons. The zero-order valence-electron chi connectivity index (χ0n) is 12.6. The van der Waals surface area contributed by atoms with E-state index in [1.54, 1.807) is 13.0 Å². The van der Waals surface area contributed by atoms with Crippen molar-refractivity contribution >= 4 is 21.6 Å². The van der Waals surface area contributed by atoms with Gasteiger partial charge in [0, 0.05) is 32.2 Å². The van der Waals surface area contributed by atoms with E-state index in [4.69, 9.17) is 4.74 Å². The van der Waals surface area contributed by atoms with Gasteiger partial charge in [0.1, 0.15) is 5.75 Å². The van der Waals surface area contributed by atoms with Crippen molar-refractivity contribution in [2.24, 2.45) is 0 Å². The van der Waals surface area contributed by atoms with Crippen LogP contribution in [0.4, 0.5) is 5.69 Å². The first kappa shape index (κ1) is 15.3. The Morgan fingerprint density at radius 3 is 2.59 bits per heavy atom.